The van der Waals surface area contributed by atoms with Crippen molar-refractivity contribution in [1.29, 1.82) is 0 Å². The Bertz CT molecular complexity index is 745. The van der Waals surface area contributed by atoms with E-state index in [0.717, 1.165) is 23.6 Å². The fraction of sp³-hybridized carbons (Fsp3) is 0.182. The molecule has 2 aromatic rings. The van der Waals surface area contributed by atoms with Crippen LogP contribution in [0.4, 0.5) is 18.9 Å². The smallest absolute Gasteiger partial charge is 0.422 e. The Morgan fingerprint density at radius 2 is 2.00 bits per heavy atom. The van der Waals surface area contributed by atoms with E-state index in [1.165, 1.54) is 18.2 Å². The molecule has 0 aliphatic heterocycles. The van der Waals surface area contributed by atoms with Crippen molar-refractivity contribution in [2.24, 2.45) is 0 Å². The number of pyridine rings is 1. The van der Waals surface area contributed by atoms with Gasteiger partial charge in [-0.25, -0.2) is 13.4 Å². The molecule has 0 atom stereocenters. The van der Waals surface area contributed by atoms with Crippen LogP contribution in [0.5, 0.6) is 5.88 Å². The standard InChI is InChI=1S/C11H8ClF3N2O3S2/c12-8-2-4-10(21-8)22(18,19)17-7-1-3-9(16-5-7)20-6-11(13,14)15/h1-5,17H,6H2. The van der Waals surface area contributed by atoms with Gasteiger partial charge in [-0.3, -0.25) is 4.72 Å². The molecule has 0 amide bonds. The molecular formula is C11H8ClF3N2O3S2. The van der Waals surface area contributed by atoms with Gasteiger partial charge in [-0.1, -0.05) is 11.6 Å². The number of aromatic nitrogens is 1. The van der Waals surface area contributed by atoms with Crippen LogP contribution in [0.25, 0.3) is 0 Å². The molecule has 0 radical (unpaired) electrons. The molecule has 0 fully saturated rings. The van der Waals surface area contributed by atoms with Crippen LogP contribution in [0.15, 0.2) is 34.7 Å². The number of hydrogen-bond acceptors (Lipinski definition) is 5. The van der Waals surface area contributed by atoms with Crippen molar-refractivity contribution in [2.45, 2.75) is 10.4 Å². The first-order valence-corrected chi connectivity index (χ1v) is 8.27. The van der Waals surface area contributed by atoms with E-state index in [2.05, 4.69) is 14.4 Å². The molecule has 0 saturated carbocycles. The molecule has 2 rings (SSSR count). The van der Waals surface area contributed by atoms with Crippen molar-refractivity contribution >= 4 is 38.6 Å². The Morgan fingerprint density at radius 1 is 1.27 bits per heavy atom. The molecule has 22 heavy (non-hydrogen) atoms. The van der Waals surface area contributed by atoms with E-state index in [4.69, 9.17) is 11.6 Å². The second-order valence-corrected chi connectivity index (χ2v) is 7.58. The molecule has 11 heteroatoms. The van der Waals surface area contributed by atoms with Gasteiger partial charge in [-0.05, 0) is 18.2 Å². The minimum Gasteiger partial charge on any atom is -0.468 e. The zero-order valence-electron chi connectivity index (χ0n) is 10.6. The van der Waals surface area contributed by atoms with Crippen molar-refractivity contribution < 1.29 is 26.3 Å². The average Bonchev–Trinajstić information content (AvgIpc) is 2.84. The van der Waals surface area contributed by atoms with Gasteiger partial charge in [0.1, 0.15) is 4.21 Å². The van der Waals surface area contributed by atoms with E-state index in [-0.39, 0.29) is 15.8 Å². The second-order valence-electron chi connectivity index (χ2n) is 3.95. The second kappa shape index (κ2) is 6.31. The summed E-state index contributed by atoms with van der Waals surface area (Å²) >= 11 is 6.54. The highest BCUT2D eigenvalue weighted by molar-refractivity contribution is 7.94. The monoisotopic (exact) mass is 372 g/mol. The van der Waals surface area contributed by atoms with Gasteiger partial charge in [-0.2, -0.15) is 13.2 Å². The molecule has 0 bridgehead atoms. The van der Waals surface area contributed by atoms with Crippen LogP contribution in [-0.4, -0.2) is 26.2 Å². The van der Waals surface area contributed by atoms with Crippen LogP contribution in [0.1, 0.15) is 0 Å². The summed E-state index contributed by atoms with van der Waals surface area (Å²) in [5.74, 6) is -0.264. The quantitative estimate of drug-likeness (QED) is 0.871. The lowest BCUT2D eigenvalue weighted by Gasteiger charge is -2.09. The number of ether oxygens (including phenoxy) is 1. The summed E-state index contributed by atoms with van der Waals surface area (Å²) in [6, 6.07) is 5.15. The topological polar surface area (TPSA) is 68.3 Å². The van der Waals surface area contributed by atoms with Crippen molar-refractivity contribution in [2.75, 3.05) is 11.3 Å². The van der Waals surface area contributed by atoms with E-state index in [0.29, 0.717) is 4.34 Å². The van der Waals surface area contributed by atoms with Gasteiger partial charge in [0.15, 0.2) is 6.61 Å². The number of hydrogen-bond donors (Lipinski definition) is 1. The first-order chi connectivity index (χ1) is 10.2. The van der Waals surface area contributed by atoms with Crippen LogP contribution in [-0.2, 0) is 10.0 Å². The number of rotatable bonds is 5. The first kappa shape index (κ1) is 16.8. The van der Waals surface area contributed by atoms with E-state index >= 15 is 0 Å². The predicted molar refractivity (Wildman–Crippen MR) is 75.9 cm³/mol. The number of sulfonamides is 1. The van der Waals surface area contributed by atoms with Crippen molar-refractivity contribution in [3.05, 3.63) is 34.8 Å². The number of anilines is 1. The summed E-state index contributed by atoms with van der Waals surface area (Å²) in [6.45, 7) is -1.47. The molecule has 0 aliphatic rings. The molecule has 2 aromatic heterocycles. The zero-order valence-corrected chi connectivity index (χ0v) is 13.0. The van der Waals surface area contributed by atoms with Gasteiger partial charge in [0.25, 0.3) is 10.0 Å². The summed E-state index contributed by atoms with van der Waals surface area (Å²) in [4.78, 5) is 3.59. The fourth-order valence-corrected chi connectivity index (χ4v) is 3.86. The molecule has 5 nitrogen and oxygen atoms in total. The third-order valence-corrected chi connectivity index (χ3v) is 5.29. The Morgan fingerprint density at radius 3 is 2.50 bits per heavy atom. The summed E-state index contributed by atoms with van der Waals surface area (Å²) < 4.78 is 66.9. The highest BCUT2D eigenvalue weighted by Crippen LogP contribution is 2.27. The van der Waals surface area contributed by atoms with E-state index in [1.54, 1.807) is 0 Å². The maximum atomic E-state index is 12.0. The lowest BCUT2D eigenvalue weighted by molar-refractivity contribution is -0.154. The average molecular weight is 373 g/mol. The fourth-order valence-electron chi connectivity index (χ4n) is 1.33. The largest absolute Gasteiger partial charge is 0.468 e. The molecule has 120 valence electrons. The number of thiophene rings is 1. The number of nitrogens with zero attached hydrogens (tertiary/aromatic N) is 1. The van der Waals surface area contributed by atoms with Crippen molar-refractivity contribution in [3.8, 4) is 5.88 Å². The van der Waals surface area contributed by atoms with Crippen LogP contribution in [0.3, 0.4) is 0 Å². The van der Waals surface area contributed by atoms with Crippen molar-refractivity contribution in [3.63, 3.8) is 0 Å². The van der Waals surface area contributed by atoms with Crippen LogP contribution in [0, 0.1) is 0 Å². The minimum atomic E-state index is -4.47. The molecule has 0 aliphatic carbocycles. The number of halogens is 4. The van der Waals surface area contributed by atoms with E-state index in [9.17, 15) is 21.6 Å². The summed E-state index contributed by atoms with van der Waals surface area (Å²) in [6.07, 6.45) is -3.42. The Labute approximate surface area is 132 Å². The Hall–Kier alpha value is -1.52. The van der Waals surface area contributed by atoms with E-state index in [1.807, 2.05) is 0 Å². The summed E-state index contributed by atoms with van der Waals surface area (Å²) in [7, 11) is -3.82. The Kier molecular flexibility index (Phi) is 4.83. The third kappa shape index (κ3) is 4.75. The van der Waals surface area contributed by atoms with Gasteiger partial charge < -0.3 is 4.74 Å². The van der Waals surface area contributed by atoms with Gasteiger partial charge in [0.2, 0.25) is 5.88 Å². The summed E-state index contributed by atoms with van der Waals surface area (Å²) in [5, 5.41) is 0. The molecular weight excluding hydrogens is 365 g/mol. The van der Waals surface area contributed by atoms with Crippen LogP contribution >= 0.6 is 22.9 Å². The van der Waals surface area contributed by atoms with E-state index < -0.39 is 22.8 Å². The highest BCUT2D eigenvalue weighted by Gasteiger charge is 2.28. The highest BCUT2D eigenvalue weighted by atomic mass is 35.5. The van der Waals surface area contributed by atoms with Crippen molar-refractivity contribution in [1.82, 2.24) is 4.98 Å². The minimum absolute atomic E-state index is 0.00916. The molecule has 0 saturated heterocycles. The van der Waals surface area contributed by atoms with Gasteiger partial charge in [-0.15, -0.1) is 11.3 Å². The SMILES string of the molecule is O=S(=O)(Nc1ccc(OCC(F)(F)F)nc1)c1ccc(Cl)s1. The normalized spacial score (nSPS) is 12.2. The lowest BCUT2D eigenvalue weighted by atomic mass is 10.4. The van der Waals surface area contributed by atoms with Gasteiger partial charge in [0.05, 0.1) is 16.2 Å². The Balaban J connectivity index is 2.05. The molecule has 0 aromatic carbocycles. The number of alkyl halides is 3. The van der Waals surface area contributed by atoms with Gasteiger partial charge in [0, 0.05) is 6.07 Å². The van der Waals surface area contributed by atoms with Gasteiger partial charge >= 0.3 is 6.18 Å². The number of nitrogens with one attached hydrogen (secondary N) is 1. The maximum Gasteiger partial charge on any atom is 0.422 e. The zero-order chi connectivity index (χ0) is 16.4. The predicted octanol–water partition coefficient (Wildman–Crippen LogP) is 3.54. The molecule has 0 unspecified atom stereocenters. The molecule has 2 heterocycles. The van der Waals surface area contributed by atoms with Crippen LogP contribution in [0.2, 0.25) is 4.34 Å². The lowest BCUT2D eigenvalue weighted by Crippen LogP contribution is -2.19. The third-order valence-electron chi connectivity index (χ3n) is 2.19. The van der Waals surface area contributed by atoms with Crippen LogP contribution < -0.4 is 9.46 Å². The molecule has 0 spiro atoms. The summed E-state index contributed by atoms with van der Waals surface area (Å²) in [5.41, 5.74) is 0.0869. The first-order valence-electron chi connectivity index (χ1n) is 5.59. The maximum absolute atomic E-state index is 12.0. The molecule has 1 N–H and O–H groups in total.